The van der Waals surface area contributed by atoms with E-state index in [1.807, 2.05) is 24.5 Å². The van der Waals surface area contributed by atoms with Gasteiger partial charge < -0.3 is 19.5 Å². The molecule has 9 heteroatoms. The number of aromatic nitrogens is 1. The third-order valence-electron chi connectivity index (χ3n) is 6.01. The summed E-state index contributed by atoms with van der Waals surface area (Å²) in [4.78, 5) is 41.9. The molecule has 1 aromatic heterocycles. The first-order valence-electron chi connectivity index (χ1n) is 11.2. The number of thioether (sulfide) groups is 1. The Balaban J connectivity index is 1.61. The SMILES string of the molecule is COc1cc(=O)n2c(c1C(=O)NCc1cccc(F)c1)CCN(C(=O)c1ccccc1SC)CC2. The van der Waals surface area contributed by atoms with Gasteiger partial charge in [-0.1, -0.05) is 24.3 Å². The maximum Gasteiger partial charge on any atom is 0.257 e. The zero-order valence-corrected chi connectivity index (χ0v) is 20.4. The van der Waals surface area contributed by atoms with Gasteiger partial charge in [0.15, 0.2) is 0 Å². The third kappa shape index (κ3) is 5.24. The van der Waals surface area contributed by atoms with Gasteiger partial charge in [0.1, 0.15) is 17.1 Å². The maximum absolute atomic E-state index is 13.5. The molecule has 182 valence electrons. The number of hydrogen-bond acceptors (Lipinski definition) is 5. The van der Waals surface area contributed by atoms with E-state index in [0.29, 0.717) is 36.3 Å². The summed E-state index contributed by atoms with van der Waals surface area (Å²) in [5, 5.41) is 2.80. The third-order valence-corrected chi connectivity index (χ3v) is 6.80. The van der Waals surface area contributed by atoms with Gasteiger partial charge in [-0.15, -0.1) is 11.8 Å². The van der Waals surface area contributed by atoms with Crippen LogP contribution in [0.2, 0.25) is 0 Å². The number of methoxy groups -OCH3 is 1. The summed E-state index contributed by atoms with van der Waals surface area (Å²) in [6.45, 7) is 1.06. The first-order chi connectivity index (χ1) is 16.9. The van der Waals surface area contributed by atoms with E-state index < -0.39 is 5.91 Å². The minimum Gasteiger partial charge on any atom is -0.496 e. The molecule has 0 aliphatic carbocycles. The molecule has 0 fully saturated rings. The molecule has 4 rings (SSSR count). The van der Waals surface area contributed by atoms with Crippen LogP contribution in [0.15, 0.2) is 64.3 Å². The van der Waals surface area contributed by atoms with Crippen LogP contribution in [0.5, 0.6) is 5.75 Å². The molecule has 0 atom stereocenters. The number of nitrogens with one attached hydrogen (secondary N) is 1. The van der Waals surface area contributed by atoms with Gasteiger partial charge in [0.05, 0.1) is 12.7 Å². The van der Waals surface area contributed by atoms with Crippen molar-refractivity contribution in [2.45, 2.75) is 24.4 Å². The molecule has 0 radical (unpaired) electrons. The smallest absolute Gasteiger partial charge is 0.257 e. The molecular formula is C26H26FN3O4S. The van der Waals surface area contributed by atoms with Gasteiger partial charge in [-0.3, -0.25) is 14.4 Å². The van der Waals surface area contributed by atoms with Crippen LogP contribution in [0, 0.1) is 5.82 Å². The van der Waals surface area contributed by atoms with Crippen molar-refractivity contribution < 1.29 is 18.7 Å². The van der Waals surface area contributed by atoms with E-state index in [4.69, 9.17) is 4.74 Å². The Labute approximate surface area is 206 Å². The van der Waals surface area contributed by atoms with Crippen LogP contribution in [-0.4, -0.2) is 47.7 Å². The van der Waals surface area contributed by atoms with Gasteiger partial charge in [0.25, 0.3) is 17.4 Å². The second-order valence-corrected chi connectivity index (χ2v) is 8.93. The predicted octanol–water partition coefficient (Wildman–Crippen LogP) is 3.35. The van der Waals surface area contributed by atoms with E-state index in [0.717, 1.165) is 4.90 Å². The number of nitrogens with zero attached hydrogens (tertiary/aromatic N) is 2. The zero-order chi connectivity index (χ0) is 24.9. The van der Waals surface area contributed by atoms with Crippen molar-refractivity contribution in [3.8, 4) is 5.75 Å². The lowest BCUT2D eigenvalue weighted by atomic mass is 10.1. The van der Waals surface area contributed by atoms with E-state index in [-0.39, 0.29) is 41.7 Å². The van der Waals surface area contributed by atoms with Crippen LogP contribution in [0.25, 0.3) is 0 Å². The van der Waals surface area contributed by atoms with Crippen LogP contribution in [-0.2, 0) is 19.5 Å². The van der Waals surface area contributed by atoms with E-state index >= 15 is 0 Å². The highest BCUT2D eigenvalue weighted by Gasteiger charge is 2.27. The number of hydrogen-bond donors (Lipinski definition) is 1. The molecule has 1 aliphatic rings. The molecule has 3 aromatic rings. The number of carbonyl (C=O) groups is 2. The molecule has 0 saturated carbocycles. The second kappa shape index (κ2) is 10.8. The number of pyridine rings is 1. The molecular weight excluding hydrogens is 469 g/mol. The van der Waals surface area contributed by atoms with E-state index in [2.05, 4.69) is 5.32 Å². The van der Waals surface area contributed by atoms with Crippen molar-refractivity contribution in [2.75, 3.05) is 26.5 Å². The fraction of sp³-hybridized carbons (Fsp3) is 0.269. The van der Waals surface area contributed by atoms with Crippen LogP contribution >= 0.6 is 11.8 Å². The Morgan fingerprint density at radius 3 is 2.63 bits per heavy atom. The average molecular weight is 496 g/mol. The van der Waals surface area contributed by atoms with E-state index in [1.165, 1.54) is 41.6 Å². The molecule has 1 aliphatic heterocycles. The van der Waals surface area contributed by atoms with E-state index in [1.54, 1.807) is 23.1 Å². The van der Waals surface area contributed by atoms with Crippen molar-refractivity contribution in [3.63, 3.8) is 0 Å². The van der Waals surface area contributed by atoms with Gasteiger partial charge in [-0.2, -0.15) is 0 Å². The normalized spacial score (nSPS) is 13.1. The summed E-state index contributed by atoms with van der Waals surface area (Å²) in [5.41, 5.74) is 1.70. The van der Waals surface area contributed by atoms with Crippen molar-refractivity contribution in [1.82, 2.24) is 14.8 Å². The quantitative estimate of drug-likeness (QED) is 0.531. The van der Waals surface area contributed by atoms with E-state index in [9.17, 15) is 18.8 Å². The first kappa shape index (κ1) is 24.5. The second-order valence-electron chi connectivity index (χ2n) is 8.08. The molecule has 0 unspecified atom stereocenters. The Hall–Kier alpha value is -3.59. The lowest BCUT2D eigenvalue weighted by Crippen LogP contribution is -2.34. The molecule has 0 bridgehead atoms. The number of carbonyl (C=O) groups excluding carboxylic acids is 2. The Kier molecular flexibility index (Phi) is 7.55. The van der Waals surface area contributed by atoms with Crippen molar-refractivity contribution >= 4 is 23.6 Å². The number of halogens is 1. The molecule has 1 N–H and O–H groups in total. The number of benzene rings is 2. The predicted molar refractivity (Wildman–Crippen MR) is 133 cm³/mol. The summed E-state index contributed by atoms with van der Waals surface area (Å²) in [6, 6.07) is 14.7. The number of ether oxygens (including phenoxy) is 1. The van der Waals surface area contributed by atoms with Gasteiger partial charge in [-0.05, 0) is 36.1 Å². The summed E-state index contributed by atoms with van der Waals surface area (Å²) < 4.78 is 20.4. The van der Waals surface area contributed by atoms with Crippen molar-refractivity contribution in [3.05, 3.63) is 93.2 Å². The lowest BCUT2D eigenvalue weighted by molar-refractivity contribution is 0.0755. The molecule has 7 nitrogen and oxygen atoms in total. The van der Waals surface area contributed by atoms with Crippen molar-refractivity contribution in [2.24, 2.45) is 0 Å². The fourth-order valence-corrected chi connectivity index (χ4v) is 4.86. The highest BCUT2D eigenvalue weighted by atomic mass is 32.2. The Morgan fingerprint density at radius 2 is 1.89 bits per heavy atom. The van der Waals surface area contributed by atoms with Crippen LogP contribution in [0.3, 0.4) is 0 Å². The number of rotatable bonds is 6. The summed E-state index contributed by atoms with van der Waals surface area (Å²) in [7, 11) is 1.40. The van der Waals surface area contributed by atoms with Crippen LogP contribution in [0.1, 0.15) is 32.0 Å². The fourth-order valence-electron chi connectivity index (χ4n) is 4.27. The molecule has 0 spiro atoms. The number of amides is 2. The van der Waals surface area contributed by atoms with Crippen molar-refractivity contribution in [1.29, 1.82) is 0 Å². The largest absolute Gasteiger partial charge is 0.496 e. The van der Waals surface area contributed by atoms with Gasteiger partial charge >= 0.3 is 0 Å². The summed E-state index contributed by atoms with van der Waals surface area (Å²) >= 11 is 1.50. The first-order valence-corrected chi connectivity index (χ1v) is 12.4. The molecule has 0 saturated heterocycles. The minimum atomic E-state index is -0.428. The minimum absolute atomic E-state index is 0.111. The standard InChI is InChI=1S/C26H26FN3O4S/c1-34-21-15-23(31)30-13-12-29(26(33)19-8-3-4-9-22(19)35-2)11-10-20(30)24(21)25(32)28-16-17-6-5-7-18(27)14-17/h3-9,14-15H,10-13,16H2,1-2H3,(H,28,32). The maximum atomic E-state index is 13.5. The summed E-state index contributed by atoms with van der Waals surface area (Å²) in [6.07, 6.45) is 2.23. The Morgan fingerprint density at radius 1 is 1.09 bits per heavy atom. The molecule has 35 heavy (non-hydrogen) atoms. The monoisotopic (exact) mass is 495 g/mol. The Bertz CT molecular complexity index is 1320. The zero-order valence-electron chi connectivity index (χ0n) is 19.5. The topological polar surface area (TPSA) is 80.6 Å². The molecule has 2 amide bonds. The van der Waals surface area contributed by atoms with Crippen LogP contribution < -0.4 is 15.6 Å². The highest BCUT2D eigenvalue weighted by Crippen LogP contribution is 2.25. The summed E-state index contributed by atoms with van der Waals surface area (Å²) in [5.74, 6) is -0.755. The van der Waals surface area contributed by atoms with Crippen LogP contribution in [0.4, 0.5) is 4.39 Å². The molecule has 2 heterocycles. The lowest BCUT2D eigenvalue weighted by Gasteiger charge is -2.21. The van der Waals surface area contributed by atoms with Gasteiger partial charge in [0.2, 0.25) is 0 Å². The number of fused-ring (bicyclic) bond motifs is 1. The average Bonchev–Trinajstić information content (AvgIpc) is 3.10. The van der Waals surface area contributed by atoms with Gasteiger partial charge in [0, 0.05) is 49.3 Å². The molecule has 2 aromatic carbocycles. The highest BCUT2D eigenvalue weighted by molar-refractivity contribution is 7.98. The van der Waals surface area contributed by atoms with Gasteiger partial charge in [-0.25, -0.2) is 4.39 Å².